The van der Waals surface area contributed by atoms with Crippen LogP contribution >= 0.6 is 0 Å². The van der Waals surface area contributed by atoms with Gasteiger partial charge in [-0.2, -0.15) is 8.42 Å². The summed E-state index contributed by atoms with van der Waals surface area (Å²) >= 11 is 0. The van der Waals surface area contributed by atoms with Gasteiger partial charge in [0.2, 0.25) is 0 Å². The van der Waals surface area contributed by atoms with E-state index < -0.39 is 40.9 Å². The predicted molar refractivity (Wildman–Crippen MR) is 56.9 cm³/mol. The fourth-order valence-corrected chi connectivity index (χ4v) is 1.51. The molecule has 8 nitrogen and oxygen atoms in total. The first kappa shape index (κ1) is 14.3. The van der Waals surface area contributed by atoms with Gasteiger partial charge in [0, 0.05) is 12.8 Å². The molecule has 100 valence electrons. The Bertz CT molecular complexity index is 465. The van der Waals surface area contributed by atoms with Crippen LogP contribution in [0.25, 0.3) is 0 Å². The Hall–Kier alpha value is -1.74. The molecular weight excluding hydrogens is 266 g/mol. The molecule has 1 heterocycles. The summed E-state index contributed by atoms with van der Waals surface area (Å²) in [5.41, 5.74) is 0. The van der Waals surface area contributed by atoms with Gasteiger partial charge in [0.15, 0.2) is 0 Å². The van der Waals surface area contributed by atoms with Crippen molar-refractivity contribution in [1.29, 1.82) is 0 Å². The average Bonchev–Trinajstić information content (AvgIpc) is 2.60. The Balaban J connectivity index is 2.36. The molecule has 0 aromatic carbocycles. The molecule has 1 saturated heterocycles. The second-order valence-corrected chi connectivity index (χ2v) is 4.83. The highest BCUT2D eigenvalue weighted by molar-refractivity contribution is 7.89. The van der Waals surface area contributed by atoms with Crippen LogP contribution in [0.5, 0.6) is 0 Å². The Morgan fingerprint density at radius 2 is 1.89 bits per heavy atom. The minimum atomic E-state index is -3.86. The first-order chi connectivity index (χ1) is 8.35. The van der Waals surface area contributed by atoms with Crippen molar-refractivity contribution in [3.05, 3.63) is 12.0 Å². The van der Waals surface area contributed by atoms with Gasteiger partial charge >= 0.3 is 5.97 Å². The Morgan fingerprint density at radius 3 is 2.39 bits per heavy atom. The highest BCUT2D eigenvalue weighted by atomic mass is 32.2. The summed E-state index contributed by atoms with van der Waals surface area (Å²) in [6.07, 6.45) is -0.426. The zero-order valence-corrected chi connectivity index (χ0v) is 10.1. The van der Waals surface area contributed by atoms with Crippen molar-refractivity contribution in [1.82, 2.24) is 5.06 Å². The second kappa shape index (κ2) is 5.74. The minimum Gasteiger partial charge on any atom is -0.330 e. The molecule has 0 N–H and O–H groups in total. The summed E-state index contributed by atoms with van der Waals surface area (Å²) < 4.78 is 26.0. The van der Waals surface area contributed by atoms with Crippen LogP contribution in [-0.2, 0) is 33.5 Å². The summed E-state index contributed by atoms with van der Waals surface area (Å²) in [7, 11) is -3.86. The van der Waals surface area contributed by atoms with E-state index in [9.17, 15) is 22.8 Å². The summed E-state index contributed by atoms with van der Waals surface area (Å²) in [5.74, 6) is -2.14. The Kier molecular flexibility index (Phi) is 4.56. The van der Waals surface area contributed by atoms with Crippen molar-refractivity contribution in [3.63, 3.8) is 0 Å². The molecule has 1 rings (SSSR count). The van der Waals surface area contributed by atoms with E-state index in [1.807, 2.05) is 0 Å². The summed E-state index contributed by atoms with van der Waals surface area (Å²) in [4.78, 5) is 37.8. The number of hydrogen-bond donors (Lipinski definition) is 0. The molecule has 0 radical (unpaired) electrons. The number of hydrogen-bond acceptors (Lipinski definition) is 7. The lowest BCUT2D eigenvalue weighted by Gasteiger charge is -2.12. The van der Waals surface area contributed by atoms with E-state index in [0.29, 0.717) is 10.5 Å². The van der Waals surface area contributed by atoms with Crippen molar-refractivity contribution < 1.29 is 31.8 Å². The van der Waals surface area contributed by atoms with Crippen molar-refractivity contribution in [2.75, 3.05) is 6.61 Å². The molecule has 0 aromatic heterocycles. The number of carbonyl (C=O) groups is 3. The lowest BCUT2D eigenvalue weighted by molar-refractivity contribution is -0.197. The molecule has 1 aliphatic rings. The quantitative estimate of drug-likeness (QED) is 0.474. The lowest BCUT2D eigenvalue weighted by Crippen LogP contribution is -2.32. The van der Waals surface area contributed by atoms with Gasteiger partial charge in [-0.15, -0.1) is 5.06 Å². The lowest BCUT2D eigenvalue weighted by atomic mass is 10.4. The molecule has 0 unspecified atom stereocenters. The van der Waals surface area contributed by atoms with E-state index in [4.69, 9.17) is 0 Å². The van der Waals surface area contributed by atoms with E-state index >= 15 is 0 Å². The van der Waals surface area contributed by atoms with Gasteiger partial charge in [0.1, 0.15) is 0 Å². The molecule has 18 heavy (non-hydrogen) atoms. The summed E-state index contributed by atoms with van der Waals surface area (Å²) in [6.45, 7) is 2.55. The number of hydroxylamine groups is 2. The monoisotopic (exact) mass is 277 g/mol. The van der Waals surface area contributed by atoms with Crippen molar-refractivity contribution in [3.8, 4) is 0 Å². The third-order valence-electron chi connectivity index (χ3n) is 1.96. The molecule has 0 aliphatic carbocycles. The molecule has 0 bridgehead atoms. The van der Waals surface area contributed by atoms with Gasteiger partial charge in [-0.3, -0.25) is 13.8 Å². The summed E-state index contributed by atoms with van der Waals surface area (Å²) in [6, 6.07) is 0. The van der Waals surface area contributed by atoms with Crippen LogP contribution in [0.1, 0.15) is 19.3 Å². The van der Waals surface area contributed by atoms with Crippen LogP contribution < -0.4 is 0 Å². The molecule has 1 aliphatic heterocycles. The smallest absolute Gasteiger partial charge is 0.330 e. The number of rotatable bonds is 6. The van der Waals surface area contributed by atoms with Gasteiger partial charge < -0.3 is 4.84 Å². The van der Waals surface area contributed by atoms with Gasteiger partial charge in [-0.05, 0) is 0 Å². The van der Waals surface area contributed by atoms with Crippen molar-refractivity contribution >= 4 is 27.9 Å². The van der Waals surface area contributed by atoms with E-state index in [1.54, 1.807) is 0 Å². The van der Waals surface area contributed by atoms with Crippen LogP contribution in [0, 0.1) is 0 Å². The topological polar surface area (TPSA) is 107 Å². The first-order valence-electron chi connectivity index (χ1n) is 4.94. The molecular formula is C9H11NO7S. The number of amides is 2. The SMILES string of the molecule is C=CS(=O)(=O)OCCC(=O)ON1C(=O)CCC1=O. The van der Waals surface area contributed by atoms with Crippen LogP contribution in [0.15, 0.2) is 12.0 Å². The summed E-state index contributed by atoms with van der Waals surface area (Å²) in [5, 5.41) is 0.968. The maximum atomic E-state index is 11.2. The van der Waals surface area contributed by atoms with Crippen molar-refractivity contribution in [2.45, 2.75) is 19.3 Å². The van der Waals surface area contributed by atoms with E-state index in [1.165, 1.54) is 0 Å². The van der Waals surface area contributed by atoms with Gasteiger partial charge in [-0.25, -0.2) is 4.79 Å². The third-order valence-corrected chi connectivity index (χ3v) is 2.86. The fraction of sp³-hybridized carbons (Fsp3) is 0.444. The third kappa shape index (κ3) is 3.93. The van der Waals surface area contributed by atoms with Crippen LogP contribution in [0.2, 0.25) is 0 Å². The standard InChI is InChI=1S/C9H11NO7S/c1-2-18(14,15)16-6-5-9(13)17-10-7(11)3-4-8(10)12/h2H,1,3-6H2. The molecule has 0 atom stereocenters. The highest BCUT2D eigenvalue weighted by Gasteiger charge is 2.32. The second-order valence-electron chi connectivity index (χ2n) is 3.28. The molecule has 0 aromatic rings. The van der Waals surface area contributed by atoms with Crippen LogP contribution in [-0.4, -0.2) is 37.9 Å². The van der Waals surface area contributed by atoms with Crippen molar-refractivity contribution in [2.24, 2.45) is 0 Å². The van der Waals surface area contributed by atoms with E-state index in [0.717, 1.165) is 0 Å². The number of nitrogens with zero attached hydrogens (tertiary/aromatic N) is 1. The largest absolute Gasteiger partial charge is 0.335 e. The van der Waals surface area contributed by atoms with E-state index in [2.05, 4.69) is 15.6 Å². The molecule has 2 amide bonds. The fourth-order valence-electron chi connectivity index (χ4n) is 1.09. The minimum absolute atomic E-state index is 0.00649. The predicted octanol–water partition coefficient (Wildman–Crippen LogP) is -0.526. The maximum absolute atomic E-state index is 11.2. The maximum Gasteiger partial charge on any atom is 0.335 e. The van der Waals surface area contributed by atoms with Gasteiger partial charge in [-0.1, -0.05) is 6.58 Å². The molecule has 9 heteroatoms. The van der Waals surface area contributed by atoms with Crippen LogP contribution in [0.3, 0.4) is 0 Å². The van der Waals surface area contributed by atoms with Gasteiger partial charge in [0.25, 0.3) is 21.9 Å². The average molecular weight is 277 g/mol. The zero-order valence-electron chi connectivity index (χ0n) is 9.33. The number of imide groups is 1. The molecule has 0 spiro atoms. The zero-order chi connectivity index (χ0) is 13.8. The molecule has 0 saturated carbocycles. The van der Waals surface area contributed by atoms with E-state index in [-0.39, 0.29) is 12.8 Å². The molecule has 1 fully saturated rings. The Morgan fingerprint density at radius 1 is 1.33 bits per heavy atom. The van der Waals surface area contributed by atoms with Gasteiger partial charge in [0.05, 0.1) is 18.4 Å². The van der Waals surface area contributed by atoms with Crippen LogP contribution in [0.4, 0.5) is 0 Å². The normalized spacial score (nSPS) is 15.9. The Labute approximate surface area is 103 Å². The highest BCUT2D eigenvalue weighted by Crippen LogP contribution is 2.12. The first-order valence-corrected chi connectivity index (χ1v) is 6.41. The number of carbonyl (C=O) groups excluding carboxylic acids is 3.